The van der Waals surface area contributed by atoms with Crippen LogP contribution in [0.5, 0.6) is 11.5 Å². The molecule has 10 nitrogen and oxygen atoms in total. The van der Waals surface area contributed by atoms with Gasteiger partial charge in [-0.25, -0.2) is 4.68 Å². The molecule has 4 aromatic rings. The van der Waals surface area contributed by atoms with Gasteiger partial charge in [0.1, 0.15) is 18.1 Å². The molecule has 5 heterocycles. The molecule has 0 spiro atoms. The first-order valence-electron chi connectivity index (χ1n) is 12.0. The fourth-order valence-corrected chi connectivity index (χ4v) is 5.53. The van der Waals surface area contributed by atoms with Crippen LogP contribution in [-0.4, -0.2) is 74.5 Å². The van der Waals surface area contributed by atoms with Crippen molar-refractivity contribution < 1.29 is 19.1 Å². The van der Waals surface area contributed by atoms with Gasteiger partial charge in [-0.05, 0) is 23.6 Å². The summed E-state index contributed by atoms with van der Waals surface area (Å²) in [6, 6.07) is 7.78. The molecule has 2 amide bonds. The fraction of sp³-hybridized carbons (Fsp3) is 0.308. The lowest BCUT2D eigenvalue weighted by atomic mass is 9.98. The number of aromatic nitrogens is 4. The second-order valence-electron chi connectivity index (χ2n) is 9.08. The molecule has 6 rings (SSSR count). The zero-order valence-corrected chi connectivity index (χ0v) is 21.6. The molecule has 0 N–H and O–H groups in total. The maximum absolute atomic E-state index is 13.7. The summed E-state index contributed by atoms with van der Waals surface area (Å²) in [6.45, 7) is 3.74. The Morgan fingerprint density at radius 3 is 2.49 bits per heavy atom. The maximum atomic E-state index is 13.7. The zero-order valence-electron chi connectivity index (χ0n) is 20.8. The highest BCUT2D eigenvalue weighted by Crippen LogP contribution is 2.46. The molecule has 11 heteroatoms. The van der Waals surface area contributed by atoms with Crippen molar-refractivity contribution >= 4 is 23.2 Å². The molecule has 0 unspecified atom stereocenters. The zero-order chi connectivity index (χ0) is 25.7. The van der Waals surface area contributed by atoms with Crippen LogP contribution < -0.4 is 9.47 Å². The monoisotopic (exact) mass is 518 g/mol. The van der Waals surface area contributed by atoms with Gasteiger partial charge in [0.2, 0.25) is 5.91 Å². The van der Waals surface area contributed by atoms with E-state index in [0.29, 0.717) is 43.4 Å². The van der Waals surface area contributed by atoms with Gasteiger partial charge in [0.25, 0.3) is 5.91 Å². The number of amides is 2. The summed E-state index contributed by atoms with van der Waals surface area (Å²) in [5.41, 5.74) is 5.24. The van der Waals surface area contributed by atoms with Crippen LogP contribution in [0.2, 0.25) is 0 Å². The second kappa shape index (κ2) is 9.07. The SMILES string of the molecule is COc1cc2c(cc1-c1ccn(C)n1)-c1c(c(C(=O)N3CCN(C(C)=O)CC3)nn1-c1ccsc1)CO2. The molecule has 1 saturated heterocycles. The Morgan fingerprint density at radius 1 is 1.05 bits per heavy atom. The van der Waals surface area contributed by atoms with Gasteiger partial charge in [-0.15, -0.1) is 0 Å². The van der Waals surface area contributed by atoms with Crippen molar-refractivity contribution in [1.82, 2.24) is 29.4 Å². The Morgan fingerprint density at radius 2 is 1.84 bits per heavy atom. The van der Waals surface area contributed by atoms with E-state index in [9.17, 15) is 9.59 Å². The highest BCUT2D eigenvalue weighted by molar-refractivity contribution is 7.08. The molecule has 1 aromatic carbocycles. The standard InChI is InChI=1S/C26H26N6O4S/c1-16(33)30-7-9-31(10-8-30)26(34)24-20-14-36-23-13-22(35-3)18(21-4-6-29(2)27-21)12-19(23)25(20)32(28-24)17-5-11-37-15-17/h4-6,11-13,15H,7-10,14H2,1-3H3. The first-order chi connectivity index (χ1) is 17.9. The normalized spacial score (nSPS) is 14.7. The Bertz CT molecular complexity index is 1500. The molecule has 0 atom stereocenters. The number of ether oxygens (including phenoxy) is 2. The average Bonchev–Trinajstić information content (AvgIpc) is 3.67. The Hall–Kier alpha value is -4.12. The number of hydrogen-bond donors (Lipinski definition) is 0. The quantitative estimate of drug-likeness (QED) is 0.412. The number of nitrogens with zero attached hydrogens (tertiary/aromatic N) is 6. The summed E-state index contributed by atoms with van der Waals surface area (Å²) in [4.78, 5) is 29.0. The minimum absolute atomic E-state index is 0.0235. The molecule has 3 aromatic heterocycles. The van der Waals surface area contributed by atoms with Crippen LogP contribution >= 0.6 is 11.3 Å². The molecule has 37 heavy (non-hydrogen) atoms. The largest absolute Gasteiger partial charge is 0.496 e. The predicted molar refractivity (Wildman–Crippen MR) is 138 cm³/mol. The van der Waals surface area contributed by atoms with Crippen LogP contribution in [0.4, 0.5) is 0 Å². The van der Waals surface area contributed by atoms with Crippen LogP contribution in [0.1, 0.15) is 23.0 Å². The number of benzene rings is 1. The first kappa shape index (κ1) is 23.3. The van der Waals surface area contributed by atoms with Gasteiger partial charge in [0.15, 0.2) is 5.69 Å². The van der Waals surface area contributed by atoms with Crippen LogP contribution in [0, 0.1) is 0 Å². The first-order valence-corrected chi connectivity index (χ1v) is 12.9. The summed E-state index contributed by atoms with van der Waals surface area (Å²) >= 11 is 1.57. The second-order valence-corrected chi connectivity index (χ2v) is 9.86. The van der Waals surface area contributed by atoms with Gasteiger partial charge < -0.3 is 19.3 Å². The third-order valence-electron chi connectivity index (χ3n) is 6.87. The van der Waals surface area contributed by atoms with E-state index in [-0.39, 0.29) is 18.4 Å². The van der Waals surface area contributed by atoms with E-state index in [1.165, 1.54) is 0 Å². The van der Waals surface area contributed by atoms with Crippen molar-refractivity contribution in [3.63, 3.8) is 0 Å². The van der Waals surface area contributed by atoms with Gasteiger partial charge in [0.05, 0.1) is 24.2 Å². The number of hydrogen-bond acceptors (Lipinski definition) is 7. The summed E-state index contributed by atoms with van der Waals surface area (Å²) in [5.74, 6) is 1.19. The van der Waals surface area contributed by atoms with E-state index < -0.39 is 0 Å². The molecule has 0 saturated carbocycles. The third kappa shape index (κ3) is 3.95. The van der Waals surface area contributed by atoms with Crippen molar-refractivity contribution in [2.24, 2.45) is 7.05 Å². The van der Waals surface area contributed by atoms with E-state index in [2.05, 4.69) is 5.10 Å². The maximum Gasteiger partial charge on any atom is 0.274 e. The summed E-state index contributed by atoms with van der Waals surface area (Å²) < 4.78 is 15.4. The molecule has 2 aliphatic rings. The Kier molecular flexibility index (Phi) is 5.71. The minimum atomic E-state index is -0.154. The number of aryl methyl sites for hydroxylation is 1. The van der Waals surface area contributed by atoms with Crippen molar-refractivity contribution in [3.05, 3.63) is 52.5 Å². The van der Waals surface area contributed by atoms with Crippen molar-refractivity contribution in [1.29, 1.82) is 0 Å². The fourth-order valence-electron chi connectivity index (χ4n) is 4.92. The number of rotatable bonds is 4. The third-order valence-corrected chi connectivity index (χ3v) is 7.54. The molecule has 0 radical (unpaired) electrons. The Labute approximate surface area is 217 Å². The molecule has 0 aliphatic carbocycles. The van der Waals surface area contributed by atoms with Gasteiger partial charge >= 0.3 is 0 Å². The van der Waals surface area contributed by atoms with Crippen molar-refractivity contribution in [2.75, 3.05) is 33.3 Å². The molecule has 0 bridgehead atoms. The molecular formula is C26H26N6O4S. The van der Waals surface area contributed by atoms with Gasteiger partial charge in [-0.2, -0.15) is 21.5 Å². The molecule has 190 valence electrons. The van der Waals surface area contributed by atoms with Crippen LogP contribution in [0.25, 0.3) is 28.2 Å². The van der Waals surface area contributed by atoms with E-state index >= 15 is 0 Å². The predicted octanol–water partition coefficient (Wildman–Crippen LogP) is 3.21. The lowest BCUT2D eigenvalue weighted by molar-refractivity contribution is -0.130. The molecular weight excluding hydrogens is 492 g/mol. The van der Waals surface area contributed by atoms with Crippen molar-refractivity contribution in [3.8, 4) is 39.7 Å². The molecule has 1 fully saturated rings. The summed E-state index contributed by atoms with van der Waals surface area (Å²) in [5, 5.41) is 13.4. The number of thiophene rings is 1. The number of methoxy groups -OCH3 is 1. The lowest BCUT2D eigenvalue weighted by Crippen LogP contribution is -2.50. The highest BCUT2D eigenvalue weighted by atomic mass is 32.1. The average molecular weight is 519 g/mol. The number of carbonyl (C=O) groups is 2. The van der Waals surface area contributed by atoms with Crippen LogP contribution in [0.3, 0.4) is 0 Å². The highest BCUT2D eigenvalue weighted by Gasteiger charge is 2.34. The van der Waals surface area contributed by atoms with Crippen LogP contribution in [-0.2, 0) is 18.4 Å². The van der Waals surface area contributed by atoms with Gasteiger partial charge in [0, 0.05) is 74.5 Å². The molecule has 2 aliphatic heterocycles. The van der Waals surface area contributed by atoms with E-state index in [0.717, 1.165) is 33.8 Å². The number of piperazine rings is 1. The topological polar surface area (TPSA) is 94.7 Å². The van der Waals surface area contributed by atoms with Crippen LogP contribution in [0.15, 0.2) is 41.2 Å². The summed E-state index contributed by atoms with van der Waals surface area (Å²) in [7, 11) is 3.50. The number of fused-ring (bicyclic) bond motifs is 3. The van der Waals surface area contributed by atoms with E-state index in [1.54, 1.807) is 39.9 Å². The Balaban J connectivity index is 1.47. The lowest BCUT2D eigenvalue weighted by Gasteiger charge is -2.34. The van der Waals surface area contributed by atoms with Gasteiger partial charge in [-0.3, -0.25) is 14.3 Å². The van der Waals surface area contributed by atoms with Crippen molar-refractivity contribution in [2.45, 2.75) is 13.5 Å². The van der Waals surface area contributed by atoms with E-state index in [1.807, 2.05) is 53.0 Å². The minimum Gasteiger partial charge on any atom is -0.496 e. The summed E-state index contributed by atoms with van der Waals surface area (Å²) in [6.07, 6.45) is 1.88. The smallest absolute Gasteiger partial charge is 0.274 e. The van der Waals surface area contributed by atoms with E-state index in [4.69, 9.17) is 14.6 Å². The van der Waals surface area contributed by atoms with Gasteiger partial charge in [-0.1, -0.05) is 0 Å². The number of carbonyl (C=O) groups excluding carboxylic acids is 2.